The maximum atomic E-state index is 13.3. The second kappa shape index (κ2) is 9.32. The van der Waals surface area contributed by atoms with E-state index in [0.717, 1.165) is 25.9 Å². The number of nitrogens with zero attached hydrogens (tertiary/aromatic N) is 1. The lowest BCUT2D eigenvalue weighted by atomic mass is 9.94. The molecule has 0 aliphatic heterocycles. The molecule has 0 radical (unpaired) electrons. The number of ether oxygens (including phenoxy) is 1. The number of nitrogens with one attached hydrogen (secondary N) is 1. The molecule has 34 heavy (non-hydrogen) atoms. The van der Waals surface area contributed by atoms with Gasteiger partial charge in [-0.15, -0.1) is 16.1 Å². The first-order valence-electron chi connectivity index (χ1n) is 11.1. The van der Waals surface area contributed by atoms with Gasteiger partial charge in [0.25, 0.3) is 0 Å². The third kappa shape index (κ3) is 5.21. The lowest BCUT2D eigenvalue weighted by Crippen LogP contribution is -2.54. The second-order valence-corrected chi connectivity index (χ2v) is 15.7. The van der Waals surface area contributed by atoms with Crippen LogP contribution in [0.15, 0.2) is 36.4 Å². The zero-order chi connectivity index (χ0) is 25.5. The summed E-state index contributed by atoms with van der Waals surface area (Å²) in [7, 11) is -3.88. The molecule has 1 aromatic heterocycles. The van der Waals surface area contributed by atoms with E-state index in [2.05, 4.69) is 4.72 Å². The Morgan fingerprint density at radius 2 is 1.65 bits per heavy atom. The van der Waals surface area contributed by atoms with E-state index in [1.807, 2.05) is 70.2 Å². The van der Waals surface area contributed by atoms with Crippen molar-refractivity contribution in [2.45, 2.75) is 63.5 Å². The Hall–Kier alpha value is -1.83. The monoisotopic (exact) mass is 520 g/mol. The average molecular weight is 521 g/mol. The van der Waals surface area contributed by atoms with E-state index < -0.39 is 36.2 Å². The van der Waals surface area contributed by atoms with Crippen molar-refractivity contribution in [1.82, 2.24) is 4.72 Å². The van der Waals surface area contributed by atoms with Crippen LogP contribution < -0.4 is 9.46 Å². The Balaban J connectivity index is 2.19. The van der Waals surface area contributed by atoms with E-state index in [-0.39, 0.29) is 5.75 Å². The first kappa shape index (κ1) is 26.8. The van der Waals surface area contributed by atoms with Crippen molar-refractivity contribution < 1.29 is 17.7 Å². The number of thiophene rings is 1. The molecule has 9 heteroatoms. The van der Waals surface area contributed by atoms with Gasteiger partial charge >= 0.3 is 0 Å². The van der Waals surface area contributed by atoms with Gasteiger partial charge in [-0.25, -0.2) is 8.42 Å². The maximum Gasteiger partial charge on any atom is 0.171 e. The predicted molar refractivity (Wildman–Crippen MR) is 142 cm³/mol. The van der Waals surface area contributed by atoms with Crippen molar-refractivity contribution in [1.29, 1.82) is 5.26 Å². The summed E-state index contributed by atoms with van der Waals surface area (Å²) in [6, 6.07) is 13.7. The minimum Gasteiger partial charge on any atom is -0.598 e. The van der Waals surface area contributed by atoms with Crippen molar-refractivity contribution in [3.63, 3.8) is 0 Å². The smallest absolute Gasteiger partial charge is 0.171 e. The average Bonchev–Trinajstić information content (AvgIpc) is 3.10. The highest BCUT2D eigenvalue weighted by atomic mass is 32.2. The Morgan fingerprint density at radius 1 is 1.06 bits per heavy atom. The standard InChI is InChI=1S/C25H32N2O4S3/c1-8-31-18-10-12-22-20(14-18)19-13-17(9-11-21(19)32-22)25(7,27-33(28)23(2,3)4)16-34(29,30)24(5,6)15-26/h9-14,27H,8,16H2,1-7H3/t25-,33?/m0/s1. The van der Waals surface area contributed by atoms with Gasteiger partial charge in [-0.05, 0) is 84.4 Å². The van der Waals surface area contributed by atoms with Crippen LogP contribution in [0, 0.1) is 11.3 Å². The number of sulfone groups is 1. The highest BCUT2D eigenvalue weighted by Crippen LogP contribution is 2.39. The van der Waals surface area contributed by atoms with Crippen LogP contribution in [-0.4, -0.2) is 34.8 Å². The molecule has 0 saturated heterocycles. The van der Waals surface area contributed by atoms with Gasteiger partial charge in [0.1, 0.15) is 10.5 Å². The van der Waals surface area contributed by atoms with Gasteiger partial charge in [0.15, 0.2) is 14.6 Å². The predicted octanol–water partition coefficient (Wildman–Crippen LogP) is 5.44. The van der Waals surface area contributed by atoms with Gasteiger partial charge in [-0.3, -0.25) is 0 Å². The Bertz CT molecular complexity index is 1350. The third-order valence-electron chi connectivity index (χ3n) is 5.79. The summed E-state index contributed by atoms with van der Waals surface area (Å²) < 4.78 is 48.4. The number of hydrogen-bond donors (Lipinski definition) is 1. The lowest BCUT2D eigenvalue weighted by Gasteiger charge is -2.36. The molecule has 0 bridgehead atoms. The van der Waals surface area contributed by atoms with Crippen LogP contribution in [0.3, 0.4) is 0 Å². The highest BCUT2D eigenvalue weighted by molar-refractivity contribution is 7.93. The van der Waals surface area contributed by atoms with Crippen molar-refractivity contribution >= 4 is 52.7 Å². The quantitative estimate of drug-likeness (QED) is 0.397. The van der Waals surface area contributed by atoms with E-state index in [1.54, 1.807) is 18.3 Å². The van der Waals surface area contributed by atoms with Crippen LogP contribution in [0.1, 0.15) is 54.0 Å². The normalized spacial score (nSPS) is 15.7. The molecular formula is C25H32N2O4S3. The second-order valence-electron chi connectivity index (χ2n) is 10.1. The number of hydrogen-bond acceptors (Lipinski definition) is 7. The van der Waals surface area contributed by atoms with Gasteiger partial charge in [-0.1, -0.05) is 6.07 Å². The Morgan fingerprint density at radius 3 is 2.21 bits per heavy atom. The Labute approximate surface area is 209 Å². The lowest BCUT2D eigenvalue weighted by molar-refractivity contribution is 0.341. The summed E-state index contributed by atoms with van der Waals surface area (Å²) in [4.78, 5) is 0. The molecule has 0 saturated carbocycles. The van der Waals surface area contributed by atoms with E-state index in [4.69, 9.17) is 4.74 Å². The van der Waals surface area contributed by atoms with E-state index >= 15 is 0 Å². The molecule has 2 atom stereocenters. The summed E-state index contributed by atoms with van der Waals surface area (Å²) in [5.41, 5.74) is -0.498. The number of fused-ring (bicyclic) bond motifs is 3. The zero-order valence-corrected chi connectivity index (χ0v) is 23.1. The number of benzene rings is 2. The minimum absolute atomic E-state index is 0.375. The SMILES string of the molecule is CCOc1ccc2sc3ccc([C@](C)(CS(=O)(=O)C(C)(C)C#N)N[S+]([O-])C(C)(C)C)cc3c2c1. The van der Waals surface area contributed by atoms with Gasteiger partial charge in [0.2, 0.25) is 0 Å². The van der Waals surface area contributed by atoms with Gasteiger partial charge in [-0.2, -0.15) is 5.26 Å². The van der Waals surface area contributed by atoms with Crippen LogP contribution in [0.4, 0.5) is 0 Å². The molecule has 2 aromatic carbocycles. The van der Waals surface area contributed by atoms with Crippen molar-refractivity contribution in [3.8, 4) is 11.8 Å². The summed E-state index contributed by atoms with van der Waals surface area (Å²) in [6.45, 7) is 12.5. The van der Waals surface area contributed by atoms with Crippen LogP contribution in [0.2, 0.25) is 0 Å². The molecule has 1 heterocycles. The topological polar surface area (TPSA) is 102 Å². The molecule has 0 spiro atoms. The summed E-state index contributed by atoms with van der Waals surface area (Å²) in [5, 5.41) is 11.5. The Kier molecular flexibility index (Phi) is 7.34. The molecule has 0 amide bonds. The summed E-state index contributed by atoms with van der Waals surface area (Å²) >= 11 is 0.107. The largest absolute Gasteiger partial charge is 0.598 e. The zero-order valence-electron chi connectivity index (χ0n) is 20.7. The fourth-order valence-electron chi connectivity index (χ4n) is 3.52. The van der Waals surface area contributed by atoms with Crippen LogP contribution >= 0.6 is 11.3 Å². The molecule has 0 fully saturated rings. The molecular weight excluding hydrogens is 488 g/mol. The number of rotatable bonds is 8. The van der Waals surface area contributed by atoms with Crippen molar-refractivity contribution in [2.75, 3.05) is 12.4 Å². The summed E-state index contributed by atoms with van der Waals surface area (Å²) in [5.74, 6) is 0.397. The first-order valence-corrected chi connectivity index (χ1v) is 14.7. The first-order chi connectivity index (χ1) is 15.6. The molecule has 184 valence electrons. The van der Waals surface area contributed by atoms with Crippen LogP contribution in [0.25, 0.3) is 20.2 Å². The number of nitriles is 1. The molecule has 0 aliphatic rings. The third-order valence-corrected chi connectivity index (χ3v) is 11.3. The van der Waals surface area contributed by atoms with Crippen LogP contribution in [0.5, 0.6) is 5.75 Å². The van der Waals surface area contributed by atoms with Crippen LogP contribution in [-0.2, 0) is 26.7 Å². The van der Waals surface area contributed by atoms with Crippen molar-refractivity contribution in [2.24, 2.45) is 0 Å². The molecule has 0 aliphatic carbocycles. The molecule has 3 aromatic rings. The molecule has 1 N–H and O–H groups in total. The van der Waals surface area contributed by atoms with Gasteiger partial charge < -0.3 is 9.29 Å². The molecule has 6 nitrogen and oxygen atoms in total. The minimum atomic E-state index is -3.88. The fourth-order valence-corrected chi connectivity index (χ4v) is 7.08. The highest BCUT2D eigenvalue weighted by Gasteiger charge is 2.45. The van der Waals surface area contributed by atoms with Crippen molar-refractivity contribution in [3.05, 3.63) is 42.0 Å². The van der Waals surface area contributed by atoms with E-state index in [0.29, 0.717) is 12.2 Å². The molecule has 1 unspecified atom stereocenters. The van der Waals surface area contributed by atoms with E-state index in [1.165, 1.54) is 13.8 Å². The van der Waals surface area contributed by atoms with Gasteiger partial charge in [0, 0.05) is 31.5 Å². The molecule has 3 rings (SSSR count). The fraction of sp³-hybridized carbons (Fsp3) is 0.480. The summed E-state index contributed by atoms with van der Waals surface area (Å²) in [6.07, 6.45) is 0. The van der Waals surface area contributed by atoms with E-state index in [9.17, 15) is 18.2 Å². The van der Waals surface area contributed by atoms with Gasteiger partial charge in [0.05, 0.1) is 24.0 Å². The maximum absolute atomic E-state index is 13.3.